The summed E-state index contributed by atoms with van der Waals surface area (Å²) in [5.74, 6) is 2.06. The molecule has 3 heterocycles. The van der Waals surface area contributed by atoms with Crippen molar-refractivity contribution in [1.82, 2.24) is 14.5 Å². The molecule has 1 saturated heterocycles. The number of carbonyl (C=O) groups excluding carboxylic acids is 1. The lowest BCUT2D eigenvalue weighted by atomic mass is 9.98. The maximum Gasteiger partial charge on any atom is 0.274 e. The number of aryl methyl sites for hydroxylation is 1. The zero-order valence-electron chi connectivity index (χ0n) is 20.5. The van der Waals surface area contributed by atoms with Gasteiger partial charge in [-0.3, -0.25) is 9.36 Å². The maximum absolute atomic E-state index is 13.8. The van der Waals surface area contributed by atoms with E-state index in [1.807, 2.05) is 63.0 Å². The highest BCUT2D eigenvalue weighted by molar-refractivity contribution is 5.95. The molecule has 1 aromatic heterocycles. The summed E-state index contributed by atoms with van der Waals surface area (Å²) in [6, 6.07) is 4.05. The minimum Gasteiger partial charge on any atom is -0.493 e. The second-order valence-corrected chi connectivity index (χ2v) is 9.77. The van der Waals surface area contributed by atoms with Crippen LogP contribution in [0.1, 0.15) is 55.3 Å². The van der Waals surface area contributed by atoms with Crippen LogP contribution in [0.4, 0.5) is 0 Å². The van der Waals surface area contributed by atoms with E-state index in [9.17, 15) is 4.79 Å². The molecule has 178 valence electrons. The fourth-order valence-electron chi connectivity index (χ4n) is 4.89. The third-order valence-electron chi connectivity index (χ3n) is 6.50. The van der Waals surface area contributed by atoms with Crippen LogP contribution in [0.3, 0.4) is 0 Å². The molecule has 7 nitrogen and oxygen atoms in total. The summed E-state index contributed by atoms with van der Waals surface area (Å²) >= 11 is 0. The minimum atomic E-state index is -0.392. The number of hydrogen-bond donors (Lipinski definition) is 0. The number of nitrogens with zero attached hydrogens (tertiary/aromatic N) is 3. The van der Waals surface area contributed by atoms with E-state index in [4.69, 9.17) is 19.2 Å². The number of carbonyl (C=O) groups is 1. The minimum absolute atomic E-state index is 0.00127. The third kappa shape index (κ3) is 3.75. The molecule has 0 atom stereocenters. The molecule has 2 aromatic rings. The first kappa shape index (κ1) is 22.5. The Kier molecular flexibility index (Phi) is 5.62. The molecule has 0 bridgehead atoms. The Labute approximate surface area is 200 Å². The molecule has 1 aromatic carbocycles. The van der Waals surface area contributed by atoms with Gasteiger partial charge in [0, 0.05) is 12.6 Å². The molecule has 0 unspecified atom stereocenters. The molecule has 0 spiro atoms. The van der Waals surface area contributed by atoms with Crippen LogP contribution in [0.25, 0.3) is 11.3 Å². The molecule has 1 fully saturated rings. The lowest BCUT2D eigenvalue weighted by Crippen LogP contribution is -2.55. The summed E-state index contributed by atoms with van der Waals surface area (Å²) in [5.41, 5.74) is 7.26. The predicted octanol–water partition coefficient (Wildman–Crippen LogP) is 4.13. The van der Waals surface area contributed by atoms with Gasteiger partial charge in [-0.1, -0.05) is 6.08 Å². The van der Waals surface area contributed by atoms with Crippen molar-refractivity contribution >= 4 is 11.5 Å². The lowest BCUT2D eigenvalue weighted by Gasteiger charge is -2.41. The van der Waals surface area contributed by atoms with E-state index in [0.717, 1.165) is 34.8 Å². The highest BCUT2D eigenvalue weighted by atomic mass is 16.5. The SMILES string of the molecule is COc1cc2c(cc1OC(C)C)-n1c(C3=C=CC=C3)nc(C(=O)N3CCOCC3(C)C)c1CC2. The first-order valence-electron chi connectivity index (χ1n) is 11.8. The number of allylic oxidation sites excluding steroid dienone is 3. The first-order chi connectivity index (χ1) is 16.3. The van der Waals surface area contributed by atoms with E-state index in [0.29, 0.717) is 43.4 Å². The number of amides is 1. The predicted molar refractivity (Wildman–Crippen MR) is 130 cm³/mol. The number of morpholine rings is 1. The number of rotatable bonds is 5. The van der Waals surface area contributed by atoms with Crippen molar-refractivity contribution in [3.8, 4) is 17.2 Å². The Balaban J connectivity index is 1.69. The third-order valence-corrected chi connectivity index (χ3v) is 6.50. The summed E-state index contributed by atoms with van der Waals surface area (Å²) < 4.78 is 19.4. The standard InChI is InChI=1S/C27H31N3O4/c1-17(2)34-23-15-21-19(14-22(23)32-5)10-11-20-24(26(31)29-12-13-33-16-27(29,3)4)28-25(30(20)21)18-8-6-7-9-18/h6-8,14-15,17H,10-13,16H2,1-5H3. The van der Waals surface area contributed by atoms with E-state index in [1.165, 1.54) is 0 Å². The van der Waals surface area contributed by atoms with Gasteiger partial charge in [-0.15, -0.1) is 5.73 Å². The van der Waals surface area contributed by atoms with E-state index >= 15 is 0 Å². The van der Waals surface area contributed by atoms with Crippen LogP contribution >= 0.6 is 0 Å². The summed E-state index contributed by atoms with van der Waals surface area (Å²) in [6.07, 6.45) is 7.28. The Hall–Kier alpha value is -3.28. The summed E-state index contributed by atoms with van der Waals surface area (Å²) in [6.45, 7) is 9.66. The van der Waals surface area contributed by atoms with Crippen molar-refractivity contribution in [2.24, 2.45) is 0 Å². The van der Waals surface area contributed by atoms with Crippen molar-refractivity contribution in [2.75, 3.05) is 26.9 Å². The Morgan fingerprint density at radius 3 is 2.74 bits per heavy atom. The lowest BCUT2D eigenvalue weighted by molar-refractivity contribution is -0.0373. The maximum atomic E-state index is 13.8. The summed E-state index contributed by atoms with van der Waals surface area (Å²) in [5, 5.41) is 0. The molecule has 7 heteroatoms. The summed E-state index contributed by atoms with van der Waals surface area (Å²) in [4.78, 5) is 20.7. The summed E-state index contributed by atoms with van der Waals surface area (Å²) in [7, 11) is 1.66. The van der Waals surface area contributed by atoms with Crippen molar-refractivity contribution in [2.45, 2.75) is 52.2 Å². The highest BCUT2D eigenvalue weighted by Gasteiger charge is 2.38. The van der Waals surface area contributed by atoms with Crippen molar-refractivity contribution < 1.29 is 19.0 Å². The van der Waals surface area contributed by atoms with E-state index in [2.05, 4.69) is 10.3 Å². The Morgan fingerprint density at radius 2 is 2.06 bits per heavy atom. The van der Waals surface area contributed by atoms with Crippen LogP contribution in [0, 0.1) is 0 Å². The largest absolute Gasteiger partial charge is 0.493 e. The molecule has 0 N–H and O–H groups in total. The average Bonchev–Trinajstić information content (AvgIpc) is 3.45. The van der Waals surface area contributed by atoms with Gasteiger partial charge in [0.05, 0.1) is 48.9 Å². The van der Waals surface area contributed by atoms with E-state index in [-0.39, 0.29) is 12.0 Å². The molecule has 2 aliphatic heterocycles. The van der Waals surface area contributed by atoms with Gasteiger partial charge >= 0.3 is 0 Å². The van der Waals surface area contributed by atoms with E-state index < -0.39 is 5.54 Å². The second kappa shape index (κ2) is 8.49. The normalized spacial score (nSPS) is 18.1. The van der Waals surface area contributed by atoms with Crippen molar-refractivity contribution in [3.05, 3.63) is 58.9 Å². The number of aromatic nitrogens is 2. The number of imidazole rings is 1. The van der Waals surface area contributed by atoms with Gasteiger partial charge in [0.15, 0.2) is 23.0 Å². The molecular weight excluding hydrogens is 430 g/mol. The molecule has 3 aliphatic rings. The molecule has 1 amide bonds. The van der Waals surface area contributed by atoms with Gasteiger partial charge in [-0.2, -0.15) is 0 Å². The first-order valence-corrected chi connectivity index (χ1v) is 11.8. The van der Waals surface area contributed by atoms with Crippen LogP contribution in [0.15, 0.2) is 36.1 Å². The number of hydrogen-bond acceptors (Lipinski definition) is 5. The quantitative estimate of drug-likeness (QED) is 0.627. The second-order valence-electron chi connectivity index (χ2n) is 9.77. The van der Waals surface area contributed by atoms with Crippen molar-refractivity contribution in [1.29, 1.82) is 0 Å². The molecule has 0 radical (unpaired) electrons. The molecular formula is C27H31N3O4. The number of ether oxygens (including phenoxy) is 3. The van der Waals surface area contributed by atoms with Gasteiger partial charge < -0.3 is 19.1 Å². The van der Waals surface area contributed by atoms with Gasteiger partial charge in [-0.05, 0) is 64.3 Å². The number of fused-ring (bicyclic) bond motifs is 3. The van der Waals surface area contributed by atoms with Crippen LogP contribution in [0.5, 0.6) is 11.5 Å². The number of benzene rings is 1. The molecule has 34 heavy (non-hydrogen) atoms. The van der Waals surface area contributed by atoms with Crippen molar-refractivity contribution in [3.63, 3.8) is 0 Å². The van der Waals surface area contributed by atoms with Crippen LogP contribution in [-0.4, -0.2) is 58.9 Å². The molecule has 1 aliphatic carbocycles. The number of methoxy groups -OCH3 is 1. The highest BCUT2D eigenvalue weighted by Crippen LogP contribution is 2.39. The van der Waals surface area contributed by atoms with Gasteiger partial charge in [0.1, 0.15) is 0 Å². The van der Waals surface area contributed by atoms with Gasteiger partial charge in [0.25, 0.3) is 5.91 Å². The van der Waals surface area contributed by atoms with Crippen LogP contribution in [0.2, 0.25) is 0 Å². The van der Waals surface area contributed by atoms with Gasteiger partial charge in [0.2, 0.25) is 0 Å². The fraction of sp³-hybridized carbons (Fsp3) is 0.444. The zero-order valence-corrected chi connectivity index (χ0v) is 20.5. The molecule has 5 rings (SSSR count). The van der Waals surface area contributed by atoms with Crippen LogP contribution < -0.4 is 9.47 Å². The fourth-order valence-corrected chi connectivity index (χ4v) is 4.89. The smallest absolute Gasteiger partial charge is 0.274 e. The molecule has 0 saturated carbocycles. The average molecular weight is 462 g/mol. The van der Waals surface area contributed by atoms with E-state index in [1.54, 1.807) is 7.11 Å². The monoisotopic (exact) mass is 461 g/mol. The Morgan fingerprint density at radius 1 is 1.24 bits per heavy atom. The topological polar surface area (TPSA) is 65.8 Å². The van der Waals surface area contributed by atoms with Crippen LogP contribution in [-0.2, 0) is 17.6 Å². The van der Waals surface area contributed by atoms with Gasteiger partial charge in [-0.25, -0.2) is 4.98 Å². The zero-order chi connectivity index (χ0) is 24.0. The Bertz CT molecular complexity index is 1250.